The molecule has 0 amide bonds. The van der Waals surface area contributed by atoms with Gasteiger partial charge in [-0.15, -0.1) is 0 Å². The molecule has 0 bridgehead atoms. The van der Waals surface area contributed by atoms with Gasteiger partial charge in [0.25, 0.3) is 10.0 Å². The van der Waals surface area contributed by atoms with Crippen LogP contribution < -0.4 is 0 Å². The molecule has 2 heterocycles. The molecule has 0 saturated heterocycles. The van der Waals surface area contributed by atoms with Crippen molar-refractivity contribution in [3.8, 4) is 11.3 Å². The molecular formula is C16H10F2N2O3S. The van der Waals surface area contributed by atoms with Crippen LogP contribution in [0, 0.1) is 11.8 Å². The Hall–Kier alpha value is -2.87. The zero-order valence-electron chi connectivity index (χ0n) is 12.1. The van der Waals surface area contributed by atoms with Gasteiger partial charge in [-0.2, -0.15) is 4.39 Å². The highest BCUT2D eigenvalue weighted by Gasteiger charge is 2.23. The molecule has 0 radical (unpaired) electrons. The first-order valence-electron chi connectivity index (χ1n) is 6.73. The number of carbonyl (C=O) groups is 1. The van der Waals surface area contributed by atoms with Crippen molar-refractivity contribution in [2.45, 2.75) is 4.90 Å². The fraction of sp³-hybridized carbons (Fsp3) is 0. The lowest BCUT2D eigenvalue weighted by molar-refractivity contribution is 0.112. The highest BCUT2D eigenvalue weighted by atomic mass is 32.2. The standard InChI is InChI=1S/C16H10F2N2O3S/c17-12-3-5-13(6-4-12)24(22,23)20-9-11(10-21)8-15(20)14-2-1-7-19-16(14)18/h1-10H. The SMILES string of the molecule is O=Cc1cc(-c2cccnc2F)n(S(=O)(=O)c2ccc(F)cc2)c1. The van der Waals surface area contributed by atoms with Crippen molar-refractivity contribution < 1.29 is 22.0 Å². The summed E-state index contributed by atoms with van der Waals surface area (Å²) in [6, 6.07) is 8.23. The van der Waals surface area contributed by atoms with Gasteiger partial charge in [0.1, 0.15) is 5.82 Å². The highest BCUT2D eigenvalue weighted by molar-refractivity contribution is 7.90. The molecular weight excluding hydrogens is 338 g/mol. The van der Waals surface area contributed by atoms with Crippen molar-refractivity contribution in [3.05, 3.63) is 72.2 Å². The number of benzene rings is 1. The Morgan fingerprint density at radius 3 is 2.42 bits per heavy atom. The maximum atomic E-state index is 14.0. The molecule has 24 heavy (non-hydrogen) atoms. The number of nitrogens with zero attached hydrogens (tertiary/aromatic N) is 2. The summed E-state index contributed by atoms with van der Waals surface area (Å²) >= 11 is 0. The summed E-state index contributed by atoms with van der Waals surface area (Å²) in [6.45, 7) is 0. The number of aromatic nitrogens is 2. The minimum Gasteiger partial charge on any atom is -0.298 e. The molecule has 5 nitrogen and oxygen atoms in total. The van der Waals surface area contributed by atoms with Crippen molar-refractivity contribution in [1.29, 1.82) is 0 Å². The lowest BCUT2D eigenvalue weighted by Crippen LogP contribution is -2.13. The lowest BCUT2D eigenvalue weighted by atomic mass is 10.2. The molecule has 2 aromatic heterocycles. The van der Waals surface area contributed by atoms with E-state index in [4.69, 9.17) is 0 Å². The number of hydrogen-bond acceptors (Lipinski definition) is 4. The Balaban J connectivity index is 2.24. The quantitative estimate of drug-likeness (QED) is 0.537. The zero-order chi connectivity index (χ0) is 17.3. The van der Waals surface area contributed by atoms with Gasteiger partial charge in [-0.05, 0) is 42.5 Å². The molecule has 0 unspecified atom stereocenters. The third-order valence-electron chi connectivity index (χ3n) is 3.35. The molecule has 0 N–H and O–H groups in total. The Morgan fingerprint density at radius 1 is 1.08 bits per heavy atom. The highest BCUT2D eigenvalue weighted by Crippen LogP contribution is 2.27. The molecule has 3 rings (SSSR count). The molecule has 3 aromatic rings. The van der Waals surface area contributed by atoms with Crippen molar-refractivity contribution >= 4 is 16.3 Å². The molecule has 0 spiro atoms. The van der Waals surface area contributed by atoms with E-state index in [0.717, 1.165) is 34.4 Å². The summed E-state index contributed by atoms with van der Waals surface area (Å²) in [5.41, 5.74) is -0.0674. The van der Waals surface area contributed by atoms with Crippen LogP contribution in [0.2, 0.25) is 0 Å². The zero-order valence-corrected chi connectivity index (χ0v) is 12.9. The van der Waals surface area contributed by atoms with Gasteiger partial charge in [0.2, 0.25) is 5.95 Å². The van der Waals surface area contributed by atoms with Crippen LogP contribution in [0.4, 0.5) is 8.78 Å². The van der Waals surface area contributed by atoms with E-state index in [2.05, 4.69) is 4.98 Å². The molecule has 1 aromatic carbocycles. The molecule has 122 valence electrons. The summed E-state index contributed by atoms with van der Waals surface area (Å²) < 4.78 is 53.3. The minimum absolute atomic E-state index is 0.0491. The fourth-order valence-corrected chi connectivity index (χ4v) is 3.60. The lowest BCUT2D eigenvalue weighted by Gasteiger charge is -2.10. The number of halogens is 2. The predicted octanol–water partition coefficient (Wildman–Crippen LogP) is 2.88. The Kier molecular flexibility index (Phi) is 3.98. The normalized spacial score (nSPS) is 11.4. The van der Waals surface area contributed by atoms with E-state index < -0.39 is 21.8 Å². The first-order chi connectivity index (χ1) is 11.4. The largest absolute Gasteiger partial charge is 0.298 e. The smallest absolute Gasteiger partial charge is 0.268 e. The van der Waals surface area contributed by atoms with Gasteiger partial charge in [-0.1, -0.05) is 0 Å². The van der Waals surface area contributed by atoms with Gasteiger partial charge in [0.15, 0.2) is 6.29 Å². The first kappa shape index (κ1) is 16.0. The Bertz CT molecular complexity index is 1010. The van der Waals surface area contributed by atoms with Gasteiger partial charge >= 0.3 is 0 Å². The summed E-state index contributed by atoms with van der Waals surface area (Å²) in [5.74, 6) is -1.46. The second-order valence-corrected chi connectivity index (χ2v) is 6.69. The number of pyridine rings is 1. The van der Waals surface area contributed by atoms with Crippen LogP contribution in [0.1, 0.15) is 10.4 Å². The van der Waals surface area contributed by atoms with Crippen LogP contribution >= 0.6 is 0 Å². The monoisotopic (exact) mass is 348 g/mol. The molecule has 0 atom stereocenters. The third kappa shape index (κ3) is 2.71. The van der Waals surface area contributed by atoms with Crippen molar-refractivity contribution in [2.24, 2.45) is 0 Å². The van der Waals surface area contributed by atoms with E-state index in [1.165, 1.54) is 24.4 Å². The van der Waals surface area contributed by atoms with Crippen molar-refractivity contribution in [1.82, 2.24) is 8.96 Å². The summed E-state index contributed by atoms with van der Waals surface area (Å²) in [7, 11) is -4.14. The van der Waals surface area contributed by atoms with E-state index in [-0.39, 0.29) is 21.7 Å². The van der Waals surface area contributed by atoms with E-state index in [1.54, 1.807) is 0 Å². The van der Waals surface area contributed by atoms with Crippen LogP contribution in [-0.2, 0) is 10.0 Å². The fourth-order valence-electron chi connectivity index (χ4n) is 2.22. The molecule has 8 heteroatoms. The molecule has 0 aliphatic carbocycles. The van der Waals surface area contributed by atoms with Gasteiger partial charge in [-0.25, -0.2) is 21.8 Å². The van der Waals surface area contributed by atoms with Crippen molar-refractivity contribution in [2.75, 3.05) is 0 Å². The van der Waals surface area contributed by atoms with Gasteiger partial charge in [0.05, 0.1) is 16.2 Å². The summed E-state index contributed by atoms with van der Waals surface area (Å²) in [6.07, 6.45) is 2.75. The topological polar surface area (TPSA) is 69.0 Å². The third-order valence-corrected chi connectivity index (χ3v) is 5.04. The number of aldehydes is 1. The van der Waals surface area contributed by atoms with E-state index in [1.807, 2.05) is 0 Å². The molecule has 0 saturated carbocycles. The van der Waals surface area contributed by atoms with Gasteiger partial charge in [0, 0.05) is 18.0 Å². The van der Waals surface area contributed by atoms with Crippen LogP contribution in [0.5, 0.6) is 0 Å². The van der Waals surface area contributed by atoms with Crippen LogP contribution in [0.15, 0.2) is 59.8 Å². The van der Waals surface area contributed by atoms with E-state index in [9.17, 15) is 22.0 Å². The number of carbonyl (C=O) groups excluding carboxylic acids is 1. The average molecular weight is 348 g/mol. The number of rotatable bonds is 4. The summed E-state index contributed by atoms with van der Waals surface area (Å²) in [5, 5.41) is 0. The molecule has 0 aliphatic heterocycles. The van der Waals surface area contributed by atoms with Crippen LogP contribution in [0.3, 0.4) is 0 Å². The maximum absolute atomic E-state index is 14.0. The Labute approximate surface area is 136 Å². The second-order valence-electron chi connectivity index (χ2n) is 4.87. The van der Waals surface area contributed by atoms with Crippen molar-refractivity contribution in [3.63, 3.8) is 0 Å². The van der Waals surface area contributed by atoms with Crippen LogP contribution in [-0.4, -0.2) is 23.7 Å². The first-order valence-corrected chi connectivity index (χ1v) is 8.17. The minimum atomic E-state index is -4.14. The second kappa shape index (κ2) is 5.97. The Morgan fingerprint density at radius 2 is 1.79 bits per heavy atom. The molecule has 0 fully saturated rings. The van der Waals surface area contributed by atoms with Crippen LogP contribution in [0.25, 0.3) is 11.3 Å². The molecule has 0 aliphatic rings. The maximum Gasteiger partial charge on any atom is 0.268 e. The predicted molar refractivity (Wildman–Crippen MR) is 82.0 cm³/mol. The number of hydrogen-bond donors (Lipinski definition) is 0. The van der Waals surface area contributed by atoms with E-state index >= 15 is 0 Å². The average Bonchev–Trinajstić information content (AvgIpc) is 3.01. The summed E-state index contributed by atoms with van der Waals surface area (Å²) in [4.78, 5) is 14.3. The van der Waals surface area contributed by atoms with E-state index in [0.29, 0.717) is 6.29 Å². The van der Waals surface area contributed by atoms with Gasteiger partial charge in [-0.3, -0.25) is 4.79 Å². The van der Waals surface area contributed by atoms with Gasteiger partial charge < -0.3 is 0 Å².